The van der Waals surface area contributed by atoms with E-state index in [0.717, 1.165) is 22.3 Å². The molecule has 0 heterocycles. The summed E-state index contributed by atoms with van der Waals surface area (Å²) in [5.74, 6) is 2.66. The molecule has 0 amide bonds. The van der Waals surface area contributed by atoms with E-state index in [2.05, 4.69) is 45.8 Å². The Morgan fingerprint density at radius 2 is 2.25 bits per heavy atom. The first-order valence-corrected chi connectivity index (χ1v) is 6.12. The molecule has 2 N–H and O–H groups in total. The molecule has 1 rings (SSSR count). The molecule has 1 aromatic rings. The van der Waals surface area contributed by atoms with E-state index >= 15 is 0 Å². The summed E-state index contributed by atoms with van der Waals surface area (Å²) in [6.45, 7) is 5.58. The van der Waals surface area contributed by atoms with E-state index in [4.69, 9.17) is 12.2 Å². The Morgan fingerprint density at radius 1 is 1.56 bits per heavy atom. The maximum Gasteiger partial charge on any atom is 0.0791 e. The number of nitrogens with zero attached hydrogens (tertiary/aromatic N) is 1. The molecule has 0 aliphatic rings. The van der Waals surface area contributed by atoms with E-state index < -0.39 is 0 Å². The van der Waals surface area contributed by atoms with Gasteiger partial charge in [0.1, 0.15) is 0 Å². The van der Waals surface area contributed by atoms with Crippen molar-refractivity contribution in [3.05, 3.63) is 28.2 Å². The number of nitrogens with two attached hydrogens (primary N) is 1. The molecular weight excluding hydrogens is 264 g/mol. The molecule has 0 bridgehead atoms. The molecule has 86 valence electrons. The van der Waals surface area contributed by atoms with Crippen LogP contribution in [0.4, 0.5) is 5.69 Å². The van der Waals surface area contributed by atoms with Gasteiger partial charge in [-0.3, -0.25) is 0 Å². The number of rotatable bonds is 4. The topological polar surface area (TPSA) is 29.3 Å². The van der Waals surface area contributed by atoms with Crippen LogP contribution in [0.25, 0.3) is 0 Å². The van der Waals surface area contributed by atoms with E-state index in [1.165, 1.54) is 0 Å². The smallest absolute Gasteiger partial charge is 0.0791 e. The second-order valence-corrected chi connectivity index (χ2v) is 4.57. The number of terminal acetylenes is 1. The minimum Gasteiger partial charge on any atom is -0.361 e. The number of hydrogen-bond donors (Lipinski definition) is 1. The van der Waals surface area contributed by atoms with Gasteiger partial charge in [0.05, 0.1) is 6.54 Å². The number of hydrogen-bond acceptors (Lipinski definition) is 2. The lowest BCUT2D eigenvalue weighted by molar-refractivity contribution is 0.811. The van der Waals surface area contributed by atoms with Crippen LogP contribution in [0.3, 0.4) is 0 Å². The number of benzene rings is 1. The molecule has 0 saturated carbocycles. The summed E-state index contributed by atoms with van der Waals surface area (Å²) in [5.41, 5.74) is 8.09. The van der Waals surface area contributed by atoms with Gasteiger partial charge >= 0.3 is 0 Å². The predicted molar refractivity (Wildman–Crippen MR) is 73.5 cm³/mol. The van der Waals surface area contributed by atoms with Gasteiger partial charge in [0.25, 0.3) is 0 Å². The van der Waals surface area contributed by atoms with Crippen LogP contribution in [0, 0.1) is 12.3 Å². The number of halogens is 1. The molecule has 0 aliphatic carbocycles. The zero-order chi connectivity index (χ0) is 12.1. The predicted octanol–water partition coefficient (Wildman–Crippen LogP) is 2.93. The number of anilines is 1. The van der Waals surface area contributed by atoms with Gasteiger partial charge in [0.2, 0.25) is 0 Å². The molecule has 0 unspecified atom stereocenters. The van der Waals surface area contributed by atoms with Crippen molar-refractivity contribution in [2.24, 2.45) is 5.73 Å². The fourth-order valence-electron chi connectivity index (χ4n) is 1.58. The van der Waals surface area contributed by atoms with Gasteiger partial charge in [-0.25, -0.2) is 0 Å². The fraction of sp³-hybridized carbons (Fsp3) is 0.385. The van der Waals surface area contributed by atoms with Crippen LogP contribution in [-0.2, 0) is 0 Å². The Labute approximate surface area is 106 Å². The van der Waals surface area contributed by atoms with Crippen molar-refractivity contribution >= 4 is 21.6 Å². The molecule has 0 fully saturated rings. The van der Waals surface area contributed by atoms with Gasteiger partial charge in [0, 0.05) is 22.7 Å². The zero-order valence-electron chi connectivity index (χ0n) is 9.70. The Morgan fingerprint density at radius 3 is 2.69 bits per heavy atom. The second-order valence-electron chi connectivity index (χ2n) is 3.71. The molecule has 16 heavy (non-hydrogen) atoms. The van der Waals surface area contributed by atoms with Gasteiger partial charge < -0.3 is 10.6 Å². The van der Waals surface area contributed by atoms with Crippen LogP contribution in [0.15, 0.2) is 22.7 Å². The maximum absolute atomic E-state index is 5.86. The summed E-state index contributed by atoms with van der Waals surface area (Å²) in [4.78, 5) is 2.13. The average molecular weight is 281 g/mol. The zero-order valence-corrected chi connectivity index (χ0v) is 11.3. The molecule has 0 saturated heterocycles. The third kappa shape index (κ3) is 3.01. The minimum absolute atomic E-state index is 0.0335. The summed E-state index contributed by atoms with van der Waals surface area (Å²) in [5, 5.41) is 0. The molecule has 0 radical (unpaired) electrons. The standard InChI is InChI=1S/C13H17BrN2/c1-4-8-16(5-2)11-6-7-12(10(3)15)13(14)9-11/h1,6-7,9-10H,5,8,15H2,2-3H3/t10-/m0/s1. The Bertz CT molecular complexity index is 393. The molecule has 1 atom stereocenters. The quantitative estimate of drug-likeness (QED) is 0.860. The second kappa shape index (κ2) is 5.93. The van der Waals surface area contributed by atoms with Crippen molar-refractivity contribution in [1.29, 1.82) is 0 Å². The van der Waals surface area contributed by atoms with Crippen molar-refractivity contribution in [1.82, 2.24) is 0 Å². The van der Waals surface area contributed by atoms with Crippen molar-refractivity contribution in [2.75, 3.05) is 18.0 Å². The highest BCUT2D eigenvalue weighted by Gasteiger charge is 2.08. The van der Waals surface area contributed by atoms with Crippen LogP contribution < -0.4 is 10.6 Å². The highest BCUT2D eigenvalue weighted by molar-refractivity contribution is 9.10. The van der Waals surface area contributed by atoms with Crippen LogP contribution in [0.1, 0.15) is 25.5 Å². The summed E-state index contributed by atoms with van der Waals surface area (Å²) in [6, 6.07) is 6.21. The van der Waals surface area contributed by atoms with E-state index in [1.54, 1.807) is 0 Å². The van der Waals surface area contributed by atoms with Gasteiger partial charge in [0.15, 0.2) is 0 Å². The molecule has 3 heteroatoms. The molecule has 0 aliphatic heterocycles. The monoisotopic (exact) mass is 280 g/mol. The van der Waals surface area contributed by atoms with Gasteiger partial charge in [-0.05, 0) is 31.5 Å². The molecular formula is C13H17BrN2. The maximum atomic E-state index is 5.86. The normalized spacial score (nSPS) is 11.9. The van der Waals surface area contributed by atoms with Crippen LogP contribution in [-0.4, -0.2) is 13.1 Å². The van der Waals surface area contributed by atoms with Gasteiger partial charge in [-0.1, -0.05) is 27.9 Å². The first-order valence-electron chi connectivity index (χ1n) is 5.33. The molecule has 2 nitrogen and oxygen atoms in total. The fourth-order valence-corrected chi connectivity index (χ4v) is 2.31. The molecule has 1 aromatic carbocycles. The first kappa shape index (κ1) is 13.1. The molecule has 0 aromatic heterocycles. The lowest BCUT2D eigenvalue weighted by Gasteiger charge is -2.21. The highest BCUT2D eigenvalue weighted by Crippen LogP contribution is 2.27. The van der Waals surface area contributed by atoms with Gasteiger partial charge in [-0.15, -0.1) is 6.42 Å². The highest BCUT2D eigenvalue weighted by atomic mass is 79.9. The van der Waals surface area contributed by atoms with Crippen LogP contribution >= 0.6 is 15.9 Å². The van der Waals surface area contributed by atoms with Crippen LogP contribution in [0.2, 0.25) is 0 Å². The molecule has 0 spiro atoms. The summed E-state index contributed by atoms with van der Waals surface area (Å²) in [6.07, 6.45) is 5.34. The Kier molecular flexibility index (Phi) is 4.85. The lowest BCUT2D eigenvalue weighted by Crippen LogP contribution is -2.22. The summed E-state index contributed by atoms with van der Waals surface area (Å²) >= 11 is 3.54. The summed E-state index contributed by atoms with van der Waals surface area (Å²) < 4.78 is 1.04. The third-order valence-corrected chi connectivity index (χ3v) is 3.19. The SMILES string of the molecule is C#CCN(CC)c1ccc([C@H](C)N)c(Br)c1. The summed E-state index contributed by atoms with van der Waals surface area (Å²) in [7, 11) is 0. The van der Waals surface area contributed by atoms with E-state index in [9.17, 15) is 0 Å². The third-order valence-electron chi connectivity index (χ3n) is 2.50. The van der Waals surface area contributed by atoms with Crippen molar-refractivity contribution in [3.63, 3.8) is 0 Å². The van der Waals surface area contributed by atoms with Crippen molar-refractivity contribution < 1.29 is 0 Å². The van der Waals surface area contributed by atoms with Crippen LogP contribution in [0.5, 0.6) is 0 Å². The first-order chi connectivity index (χ1) is 7.60. The average Bonchev–Trinajstić information content (AvgIpc) is 2.25. The Hall–Kier alpha value is -0.980. The Balaban J connectivity index is 3.00. The van der Waals surface area contributed by atoms with E-state index in [0.29, 0.717) is 6.54 Å². The van der Waals surface area contributed by atoms with Crippen molar-refractivity contribution in [3.8, 4) is 12.3 Å². The minimum atomic E-state index is 0.0335. The van der Waals surface area contributed by atoms with Gasteiger partial charge in [-0.2, -0.15) is 0 Å². The van der Waals surface area contributed by atoms with E-state index in [-0.39, 0.29) is 6.04 Å². The lowest BCUT2D eigenvalue weighted by atomic mass is 10.1. The van der Waals surface area contributed by atoms with Crippen molar-refractivity contribution in [2.45, 2.75) is 19.9 Å². The van der Waals surface area contributed by atoms with E-state index in [1.807, 2.05) is 13.0 Å². The largest absolute Gasteiger partial charge is 0.361 e.